The molecule has 0 bridgehead atoms. The van der Waals surface area contributed by atoms with Crippen molar-refractivity contribution in [3.05, 3.63) is 0 Å². The molecule has 0 spiro atoms. The molecule has 6 nitrogen and oxygen atoms in total. The maximum Gasteiger partial charge on any atom is 0.191 e. The number of hydrogen-bond donors (Lipinski definition) is 3. The van der Waals surface area contributed by atoms with Gasteiger partial charge >= 0.3 is 0 Å². The molecule has 0 amide bonds. The van der Waals surface area contributed by atoms with Crippen LogP contribution >= 0.6 is 11.8 Å². The van der Waals surface area contributed by atoms with Gasteiger partial charge in [0.15, 0.2) is 16.8 Å². The summed E-state index contributed by atoms with van der Waals surface area (Å²) in [5.41, 5.74) is 6.82. The highest BCUT2D eigenvalue weighted by Crippen LogP contribution is 2.40. The number of anilines is 3. The Morgan fingerprint density at radius 2 is 2.32 bits per heavy atom. The van der Waals surface area contributed by atoms with Gasteiger partial charge in [0.1, 0.15) is 5.69 Å². The number of nitrogens with zero attached hydrogens (tertiary/aromatic N) is 3. The van der Waals surface area contributed by atoms with Crippen LogP contribution in [-0.4, -0.2) is 40.6 Å². The maximum atomic E-state index is 9.27. The predicted molar refractivity (Wildman–Crippen MR) is 77.4 cm³/mol. The van der Waals surface area contributed by atoms with Crippen LogP contribution in [0.3, 0.4) is 0 Å². The zero-order valence-corrected chi connectivity index (χ0v) is 11.8. The van der Waals surface area contributed by atoms with E-state index in [4.69, 9.17) is 5.73 Å². The summed E-state index contributed by atoms with van der Waals surface area (Å²) in [5.74, 6) is 1.86. The minimum atomic E-state index is 0.284. The van der Waals surface area contributed by atoms with Crippen LogP contribution in [0.1, 0.15) is 19.3 Å². The maximum absolute atomic E-state index is 9.27. The first-order chi connectivity index (χ1) is 9.22. The Morgan fingerprint density at radius 1 is 1.47 bits per heavy atom. The summed E-state index contributed by atoms with van der Waals surface area (Å²) in [7, 11) is 0. The fourth-order valence-corrected chi connectivity index (χ4v) is 3.32. The van der Waals surface area contributed by atoms with Gasteiger partial charge in [-0.3, -0.25) is 0 Å². The van der Waals surface area contributed by atoms with Gasteiger partial charge in [0.25, 0.3) is 0 Å². The molecule has 19 heavy (non-hydrogen) atoms. The van der Waals surface area contributed by atoms with Crippen LogP contribution in [0.5, 0.6) is 0 Å². The third-order valence-electron chi connectivity index (χ3n) is 3.99. The Kier molecular flexibility index (Phi) is 3.40. The highest BCUT2D eigenvalue weighted by molar-refractivity contribution is 7.98. The number of nitrogens with two attached hydrogens (primary N) is 1. The Labute approximate surface area is 116 Å². The molecule has 2 atom stereocenters. The van der Waals surface area contributed by atoms with Crippen molar-refractivity contribution in [2.24, 2.45) is 5.92 Å². The van der Waals surface area contributed by atoms with Crippen molar-refractivity contribution in [3.63, 3.8) is 0 Å². The lowest BCUT2D eigenvalue weighted by molar-refractivity contribution is 0.228. The zero-order valence-electron chi connectivity index (χ0n) is 11.0. The van der Waals surface area contributed by atoms with Gasteiger partial charge in [0, 0.05) is 12.6 Å². The normalized spacial score (nSPS) is 25.5. The Hall–Kier alpha value is -1.21. The fourth-order valence-electron chi connectivity index (χ4n) is 2.95. The summed E-state index contributed by atoms with van der Waals surface area (Å²) >= 11 is 1.50. The number of nitrogen functional groups attached to an aromatic ring is 1. The van der Waals surface area contributed by atoms with Crippen LogP contribution in [0.25, 0.3) is 0 Å². The monoisotopic (exact) mass is 281 g/mol. The molecule has 1 fully saturated rings. The van der Waals surface area contributed by atoms with Crippen LogP contribution in [0, 0.1) is 5.92 Å². The largest absolute Gasteiger partial charge is 0.396 e. The number of hydrogen-bond acceptors (Lipinski definition) is 7. The first kappa shape index (κ1) is 12.8. The second-order valence-electron chi connectivity index (χ2n) is 5.11. The molecule has 1 saturated carbocycles. The number of aliphatic hydroxyl groups is 1. The lowest BCUT2D eigenvalue weighted by Crippen LogP contribution is -2.33. The van der Waals surface area contributed by atoms with Crippen molar-refractivity contribution >= 4 is 29.1 Å². The molecule has 3 rings (SSSR count). The van der Waals surface area contributed by atoms with Crippen molar-refractivity contribution in [2.75, 3.05) is 35.5 Å². The van der Waals surface area contributed by atoms with Crippen LogP contribution in [0.4, 0.5) is 17.3 Å². The average Bonchev–Trinajstić information content (AvgIpc) is 3.04. The van der Waals surface area contributed by atoms with E-state index in [1.165, 1.54) is 11.8 Å². The topological polar surface area (TPSA) is 87.3 Å². The molecule has 1 aliphatic carbocycles. The molecule has 1 aromatic heterocycles. The van der Waals surface area contributed by atoms with E-state index in [2.05, 4.69) is 20.2 Å². The quantitative estimate of drug-likeness (QED) is 0.565. The summed E-state index contributed by atoms with van der Waals surface area (Å²) in [6.45, 7) is 1.02. The summed E-state index contributed by atoms with van der Waals surface area (Å²) in [6, 6.07) is 0.440. The van der Waals surface area contributed by atoms with E-state index in [1.54, 1.807) is 0 Å². The Balaban J connectivity index is 1.87. The van der Waals surface area contributed by atoms with Crippen LogP contribution in [0.15, 0.2) is 5.16 Å². The summed E-state index contributed by atoms with van der Waals surface area (Å²) in [4.78, 5) is 11.1. The molecular weight excluding hydrogens is 262 g/mol. The molecule has 0 saturated heterocycles. The van der Waals surface area contributed by atoms with Crippen LogP contribution in [0.2, 0.25) is 0 Å². The molecule has 7 heteroatoms. The van der Waals surface area contributed by atoms with E-state index in [0.29, 0.717) is 22.9 Å². The molecule has 1 unspecified atom stereocenters. The van der Waals surface area contributed by atoms with E-state index in [0.717, 1.165) is 37.4 Å². The van der Waals surface area contributed by atoms with Gasteiger partial charge in [-0.05, 0) is 31.4 Å². The van der Waals surface area contributed by atoms with Gasteiger partial charge < -0.3 is 21.1 Å². The van der Waals surface area contributed by atoms with E-state index < -0.39 is 0 Å². The number of nitrogens with one attached hydrogen (secondary N) is 1. The van der Waals surface area contributed by atoms with Crippen molar-refractivity contribution in [1.82, 2.24) is 9.97 Å². The van der Waals surface area contributed by atoms with E-state index in [-0.39, 0.29) is 6.61 Å². The number of fused-ring (bicyclic) bond motifs is 1. The summed E-state index contributed by atoms with van der Waals surface area (Å²) < 4.78 is 0. The van der Waals surface area contributed by atoms with Crippen LogP contribution in [-0.2, 0) is 0 Å². The molecule has 2 aliphatic rings. The van der Waals surface area contributed by atoms with Crippen molar-refractivity contribution in [3.8, 4) is 0 Å². The van der Waals surface area contributed by atoms with Crippen molar-refractivity contribution < 1.29 is 5.11 Å². The second-order valence-corrected chi connectivity index (χ2v) is 5.89. The van der Waals surface area contributed by atoms with Crippen molar-refractivity contribution in [2.45, 2.75) is 30.5 Å². The second kappa shape index (κ2) is 5.05. The zero-order chi connectivity index (χ0) is 13.4. The van der Waals surface area contributed by atoms with E-state index >= 15 is 0 Å². The predicted octanol–water partition coefficient (Wildman–Crippen LogP) is 1.13. The molecule has 0 aromatic carbocycles. The molecule has 2 heterocycles. The molecule has 1 aromatic rings. The summed E-state index contributed by atoms with van der Waals surface area (Å²) in [5, 5.41) is 13.3. The Morgan fingerprint density at radius 3 is 3.00 bits per heavy atom. The minimum Gasteiger partial charge on any atom is -0.396 e. The lowest BCUT2D eigenvalue weighted by Gasteiger charge is -2.25. The molecule has 1 aliphatic heterocycles. The van der Waals surface area contributed by atoms with Gasteiger partial charge in [-0.1, -0.05) is 11.8 Å². The third kappa shape index (κ3) is 2.21. The smallest absolute Gasteiger partial charge is 0.191 e. The minimum absolute atomic E-state index is 0.284. The van der Waals surface area contributed by atoms with Gasteiger partial charge in [-0.15, -0.1) is 0 Å². The van der Waals surface area contributed by atoms with E-state index in [1.807, 2.05) is 6.26 Å². The third-order valence-corrected chi connectivity index (χ3v) is 4.54. The van der Waals surface area contributed by atoms with Gasteiger partial charge in [0.05, 0.1) is 6.67 Å². The first-order valence-corrected chi connectivity index (χ1v) is 7.78. The fraction of sp³-hybridized carbons (Fsp3) is 0.667. The highest BCUT2D eigenvalue weighted by Gasteiger charge is 2.34. The molecule has 4 N–H and O–H groups in total. The lowest BCUT2D eigenvalue weighted by atomic mass is 10.1. The number of aliphatic hydroxyl groups excluding tert-OH is 1. The standard InChI is InChI=1S/C12H19N5OS/c1-19-12-15-10(13)9-11(16-12)17(6-14-9)8-3-2-7(4-8)5-18/h7-8,14,18H,2-6H2,1H3,(H2,13,15,16)/t7?,8-/m0/s1. The molecular formula is C12H19N5OS. The first-order valence-electron chi connectivity index (χ1n) is 6.55. The number of aromatic nitrogens is 2. The van der Waals surface area contributed by atoms with Gasteiger partial charge in [-0.25, -0.2) is 9.97 Å². The highest BCUT2D eigenvalue weighted by atomic mass is 32.2. The molecule has 104 valence electrons. The summed E-state index contributed by atoms with van der Waals surface area (Å²) in [6.07, 6.45) is 5.16. The van der Waals surface area contributed by atoms with E-state index in [9.17, 15) is 5.11 Å². The van der Waals surface area contributed by atoms with Crippen molar-refractivity contribution in [1.29, 1.82) is 0 Å². The van der Waals surface area contributed by atoms with Gasteiger partial charge in [-0.2, -0.15) is 0 Å². The number of rotatable bonds is 3. The van der Waals surface area contributed by atoms with Crippen LogP contribution < -0.4 is 16.0 Å². The Bertz CT molecular complexity index is 483. The number of thioether (sulfide) groups is 1. The SMILES string of the molecule is CSc1nc(N)c2c(n1)N([C@H]1CCC(CO)C1)CN2. The van der Waals surface area contributed by atoms with Gasteiger partial charge in [0.2, 0.25) is 0 Å². The average molecular weight is 281 g/mol. The molecule has 0 radical (unpaired) electrons.